The minimum atomic E-state index is -1.55. The molecule has 15 N–H and O–H groups in total. The Balaban J connectivity index is 1.42. The van der Waals surface area contributed by atoms with Gasteiger partial charge in [0.1, 0.15) is 84.6 Å². The van der Waals surface area contributed by atoms with E-state index in [1.165, 1.54) is 12.8 Å². The highest BCUT2D eigenvalue weighted by Gasteiger charge is 2.46. The Hall–Kier alpha value is -3.12. The monoisotopic (exact) mass is 1520 g/mol. The standard InChI is InChI=1S/C67H125N3O34/c1-2-3-4-5-6-7-8-9-12-54(77)70-67(45-96-19-13-48(74)11-10-18-87-24-27-90-30-33-93-36-39-99-64-61(84)58(81)55(78)49(42-71)102-64,46-97-20-14-52(75)68-16-22-88-25-28-91-31-34-94-37-40-100-65-62(85)59(82)56(79)50(43-72)103-65)47-98-21-15-53(76)69-17-23-89-26-29-92-32-35-95-38-41-101-66-63(86)60(83)57(80)51(44-73)104-66/h49-51,55-66,71-73,78-86H,2-47H2,1H3,(H,68,75)(H,69,76)(H,70,77)/t49?,50?,51?,55-,56-,57-,58+,59+,60+,61?,62?,63?,64+,65+,66+,67?/m1/s1. The maximum absolute atomic E-state index is 13.8. The summed E-state index contributed by atoms with van der Waals surface area (Å²) in [5.41, 5.74) is -1.30. The zero-order chi connectivity index (χ0) is 75.8. The molecule has 0 aromatic carbocycles. The van der Waals surface area contributed by atoms with Crippen LogP contribution in [0.3, 0.4) is 0 Å². The molecule has 3 rings (SSSR count). The highest BCUT2D eigenvalue weighted by molar-refractivity contribution is 5.78. The highest BCUT2D eigenvalue weighted by atomic mass is 16.7. The van der Waals surface area contributed by atoms with Gasteiger partial charge in [0.25, 0.3) is 0 Å². The third-order valence-electron chi connectivity index (χ3n) is 16.5. The van der Waals surface area contributed by atoms with Crippen molar-refractivity contribution in [3.63, 3.8) is 0 Å². The summed E-state index contributed by atoms with van der Waals surface area (Å²) in [5, 5.41) is 126. The normalized spacial score (nSPS) is 25.6. The zero-order valence-corrected chi connectivity index (χ0v) is 60.5. The van der Waals surface area contributed by atoms with Crippen molar-refractivity contribution in [2.75, 3.05) is 211 Å². The molecule has 37 nitrogen and oxygen atoms in total. The first kappa shape index (κ1) is 95.1. The van der Waals surface area contributed by atoms with Gasteiger partial charge in [-0.25, -0.2) is 0 Å². The molecule has 37 heteroatoms. The number of Topliss-reactive ketones (excluding diaryl/α,β-unsaturated/α-hetero) is 1. The van der Waals surface area contributed by atoms with Gasteiger partial charge in [0.05, 0.1) is 192 Å². The average Bonchev–Trinajstić information content (AvgIpc) is 0.795. The predicted molar refractivity (Wildman–Crippen MR) is 361 cm³/mol. The molecule has 0 radical (unpaired) electrons. The fraction of sp³-hybridized carbons (Fsp3) is 0.940. The van der Waals surface area contributed by atoms with Gasteiger partial charge in [-0.2, -0.15) is 0 Å². The molecule has 0 aromatic heterocycles. The summed E-state index contributed by atoms with van der Waals surface area (Å²) in [6, 6.07) is 0. The molecular formula is C67H125N3O34. The van der Waals surface area contributed by atoms with Gasteiger partial charge in [0.15, 0.2) is 18.9 Å². The number of rotatable bonds is 68. The predicted octanol–water partition coefficient (Wildman–Crippen LogP) is -5.23. The molecule has 0 aromatic rings. The van der Waals surface area contributed by atoms with Crippen molar-refractivity contribution in [1.29, 1.82) is 0 Å². The lowest BCUT2D eigenvalue weighted by molar-refractivity contribution is -0.302. The minimum absolute atomic E-state index is 0.000545. The van der Waals surface area contributed by atoms with Crippen molar-refractivity contribution in [3.05, 3.63) is 0 Å². The number of carbonyl (C=O) groups is 4. The summed E-state index contributed by atoms with van der Waals surface area (Å²) >= 11 is 0. The Morgan fingerprint density at radius 3 is 0.962 bits per heavy atom. The third-order valence-corrected chi connectivity index (χ3v) is 16.5. The lowest BCUT2D eigenvalue weighted by Crippen LogP contribution is -2.59. The molecule has 3 amide bonds. The summed E-state index contributed by atoms with van der Waals surface area (Å²) < 4.78 is 100. The number of unbranched alkanes of at least 4 members (excludes halogenated alkanes) is 7. The van der Waals surface area contributed by atoms with Gasteiger partial charge in [0.2, 0.25) is 17.7 Å². The van der Waals surface area contributed by atoms with E-state index < -0.39 is 117 Å². The second-order valence-corrected chi connectivity index (χ2v) is 25.0. The fourth-order valence-corrected chi connectivity index (χ4v) is 10.4. The van der Waals surface area contributed by atoms with E-state index in [-0.39, 0.29) is 240 Å². The number of hydrogen-bond acceptors (Lipinski definition) is 34. The Morgan fingerprint density at radius 1 is 0.308 bits per heavy atom. The molecule has 0 saturated carbocycles. The van der Waals surface area contributed by atoms with Crippen LogP contribution in [0.15, 0.2) is 0 Å². The number of ketones is 1. The molecule has 3 aliphatic rings. The molecule has 104 heavy (non-hydrogen) atoms. The number of aliphatic hydroxyl groups excluding tert-OH is 12. The van der Waals surface area contributed by atoms with E-state index >= 15 is 0 Å². The summed E-state index contributed by atoms with van der Waals surface area (Å²) in [4.78, 5) is 52.6. The average molecular weight is 1520 g/mol. The van der Waals surface area contributed by atoms with Crippen LogP contribution in [-0.2, 0) is 104 Å². The topological polar surface area (TPSA) is 513 Å². The summed E-state index contributed by atoms with van der Waals surface area (Å²) in [5.74, 6) is -0.992. The Bertz CT molecular complexity index is 1920. The Morgan fingerprint density at radius 2 is 0.615 bits per heavy atom. The van der Waals surface area contributed by atoms with Gasteiger partial charge in [-0.05, 0) is 12.8 Å². The van der Waals surface area contributed by atoms with Crippen molar-refractivity contribution in [2.45, 2.75) is 194 Å². The molecule has 3 heterocycles. The van der Waals surface area contributed by atoms with Gasteiger partial charge >= 0.3 is 0 Å². The van der Waals surface area contributed by atoms with Crippen molar-refractivity contribution in [2.24, 2.45) is 0 Å². The SMILES string of the molecule is CCCCCCCCCCC(=O)NC(COCCC(=O)CCCOCCOCCOCCO[C@H]1OC(CO)[C@@H](O)[C@H](O)C1O)(COCCC(=O)NCCOCCOCCOCCO[C@H]1OC(CO)[C@@H](O)[C@H](O)C1O)COCCC(=O)NCCOCCOCCOCCO[C@H]1OC(CO)[C@@H](O)[C@H](O)C1O. The van der Waals surface area contributed by atoms with Crippen molar-refractivity contribution < 1.29 is 166 Å². The molecular weight excluding hydrogens is 1390 g/mol. The van der Waals surface area contributed by atoms with Crippen LogP contribution in [0.2, 0.25) is 0 Å². The second-order valence-electron chi connectivity index (χ2n) is 25.0. The van der Waals surface area contributed by atoms with Gasteiger partial charge in [-0.1, -0.05) is 51.9 Å². The van der Waals surface area contributed by atoms with E-state index in [9.17, 15) is 80.5 Å². The van der Waals surface area contributed by atoms with Gasteiger partial charge in [0, 0.05) is 51.8 Å². The molecule has 3 saturated heterocycles. The first-order valence-electron chi connectivity index (χ1n) is 36.5. The van der Waals surface area contributed by atoms with E-state index in [0.717, 1.165) is 32.1 Å². The van der Waals surface area contributed by atoms with Crippen LogP contribution in [0.4, 0.5) is 0 Å². The van der Waals surface area contributed by atoms with E-state index in [0.29, 0.717) is 19.4 Å². The minimum Gasteiger partial charge on any atom is -0.394 e. The van der Waals surface area contributed by atoms with Gasteiger partial charge < -0.3 is 162 Å². The number of hydrogen-bond donors (Lipinski definition) is 15. The molecule has 3 fully saturated rings. The highest BCUT2D eigenvalue weighted by Crippen LogP contribution is 2.25. The Kier molecular flexibility index (Phi) is 55.5. The van der Waals surface area contributed by atoms with Crippen LogP contribution in [0.1, 0.15) is 96.8 Å². The molecule has 3 aliphatic heterocycles. The van der Waals surface area contributed by atoms with Crippen LogP contribution < -0.4 is 16.0 Å². The first-order chi connectivity index (χ1) is 50.4. The summed E-state index contributed by atoms with van der Waals surface area (Å²) in [6.45, 7) is 4.29. The maximum atomic E-state index is 13.8. The fourth-order valence-electron chi connectivity index (χ4n) is 10.4. The second kappa shape index (κ2) is 60.7. The maximum Gasteiger partial charge on any atom is 0.222 e. The number of aliphatic hydroxyl groups is 12. The lowest BCUT2D eigenvalue weighted by Gasteiger charge is -2.39. The number of ether oxygens (including phenoxy) is 18. The largest absolute Gasteiger partial charge is 0.394 e. The zero-order valence-electron chi connectivity index (χ0n) is 60.5. The summed E-state index contributed by atoms with van der Waals surface area (Å²) in [7, 11) is 0. The molecule has 0 spiro atoms. The molecule has 0 aliphatic carbocycles. The lowest BCUT2D eigenvalue weighted by atomic mass is 9.99. The van der Waals surface area contributed by atoms with E-state index in [4.69, 9.17) is 85.3 Å². The molecule has 6 unspecified atom stereocenters. The summed E-state index contributed by atoms with van der Waals surface area (Å²) in [6.07, 6.45) is -11.5. The van der Waals surface area contributed by atoms with Crippen LogP contribution >= 0.6 is 0 Å². The van der Waals surface area contributed by atoms with Crippen molar-refractivity contribution in [3.8, 4) is 0 Å². The smallest absolute Gasteiger partial charge is 0.222 e. The molecule has 612 valence electrons. The third kappa shape index (κ3) is 42.2. The first-order valence-corrected chi connectivity index (χ1v) is 36.5. The van der Waals surface area contributed by atoms with Crippen LogP contribution in [0.25, 0.3) is 0 Å². The number of carbonyl (C=O) groups excluding carboxylic acids is 4. The van der Waals surface area contributed by atoms with E-state index in [1.807, 2.05) is 0 Å². The van der Waals surface area contributed by atoms with E-state index in [2.05, 4.69) is 22.9 Å². The van der Waals surface area contributed by atoms with Crippen molar-refractivity contribution >= 4 is 23.5 Å². The Labute approximate surface area is 609 Å². The quantitative estimate of drug-likeness (QED) is 0.0253. The van der Waals surface area contributed by atoms with Gasteiger partial charge in [-0.3, -0.25) is 19.2 Å². The van der Waals surface area contributed by atoms with E-state index in [1.54, 1.807) is 0 Å². The molecule has 0 bridgehead atoms. The van der Waals surface area contributed by atoms with Crippen LogP contribution in [0.5, 0.6) is 0 Å². The van der Waals surface area contributed by atoms with Crippen LogP contribution in [-0.4, -0.2) is 394 Å². The number of nitrogens with one attached hydrogen (secondary N) is 3. The number of amides is 3. The molecule has 15 atom stereocenters. The van der Waals surface area contributed by atoms with Crippen LogP contribution in [0, 0.1) is 0 Å². The van der Waals surface area contributed by atoms with Gasteiger partial charge in [-0.15, -0.1) is 0 Å². The van der Waals surface area contributed by atoms with Crippen molar-refractivity contribution in [1.82, 2.24) is 16.0 Å².